The van der Waals surface area contributed by atoms with Crippen molar-refractivity contribution in [3.8, 4) is 16.9 Å². The average molecular weight is 483 g/mol. The molecule has 2 aliphatic rings. The van der Waals surface area contributed by atoms with E-state index in [-0.39, 0.29) is 6.03 Å². The fraction of sp³-hybridized carbons (Fsp3) is 0.321. The number of nitrogens with one attached hydrogen (secondary N) is 1. The lowest BCUT2D eigenvalue weighted by atomic mass is 9.98. The molecule has 36 heavy (non-hydrogen) atoms. The van der Waals surface area contributed by atoms with E-state index in [9.17, 15) is 4.79 Å². The summed E-state index contributed by atoms with van der Waals surface area (Å²) in [6.07, 6.45) is 1.81. The molecule has 0 saturated carbocycles. The van der Waals surface area contributed by atoms with Crippen LogP contribution in [0.2, 0.25) is 0 Å². The monoisotopic (exact) mass is 482 g/mol. The van der Waals surface area contributed by atoms with Gasteiger partial charge in [0, 0.05) is 37.9 Å². The molecule has 2 aliphatic heterocycles. The first-order valence-electron chi connectivity index (χ1n) is 12.5. The van der Waals surface area contributed by atoms with E-state index in [1.54, 1.807) is 0 Å². The summed E-state index contributed by atoms with van der Waals surface area (Å²) in [7, 11) is 0. The molecule has 0 radical (unpaired) electrons. The summed E-state index contributed by atoms with van der Waals surface area (Å²) in [6, 6.07) is 16.6. The normalized spacial score (nSPS) is 16.0. The predicted octanol–water partition coefficient (Wildman–Crippen LogP) is 4.38. The van der Waals surface area contributed by atoms with Gasteiger partial charge < -0.3 is 24.4 Å². The molecule has 8 heteroatoms. The molecule has 2 aromatic carbocycles. The lowest BCUT2D eigenvalue weighted by Crippen LogP contribution is -2.53. The summed E-state index contributed by atoms with van der Waals surface area (Å²) in [6.45, 7) is 8.57. The Labute approximate surface area is 210 Å². The van der Waals surface area contributed by atoms with Gasteiger partial charge in [-0.3, -0.25) is 0 Å². The summed E-state index contributed by atoms with van der Waals surface area (Å²) in [5.41, 5.74) is 6.35. The number of aromatic amines is 1. The summed E-state index contributed by atoms with van der Waals surface area (Å²) in [4.78, 5) is 31.9. The zero-order valence-corrected chi connectivity index (χ0v) is 20.7. The number of carbonyl (C=O) groups is 1. The summed E-state index contributed by atoms with van der Waals surface area (Å²) in [5, 5.41) is 0. The van der Waals surface area contributed by atoms with E-state index < -0.39 is 0 Å². The van der Waals surface area contributed by atoms with Crippen molar-refractivity contribution >= 4 is 22.9 Å². The van der Waals surface area contributed by atoms with Gasteiger partial charge in [0.1, 0.15) is 24.0 Å². The number of H-pyrrole nitrogens is 1. The van der Waals surface area contributed by atoms with Crippen LogP contribution in [0.25, 0.3) is 22.2 Å². The molecule has 2 amide bonds. The Morgan fingerprint density at radius 3 is 2.61 bits per heavy atom. The average Bonchev–Trinajstić information content (AvgIpc) is 3.14. The summed E-state index contributed by atoms with van der Waals surface area (Å²) >= 11 is 0. The third-order valence-corrected chi connectivity index (χ3v) is 7.05. The van der Waals surface area contributed by atoms with Crippen LogP contribution < -0.4 is 9.64 Å². The van der Waals surface area contributed by atoms with Gasteiger partial charge in [-0.15, -0.1) is 0 Å². The number of benzene rings is 2. The molecule has 1 saturated heterocycles. The summed E-state index contributed by atoms with van der Waals surface area (Å²) in [5.74, 6) is 2.77. The van der Waals surface area contributed by atoms with Crippen molar-refractivity contribution in [3.05, 3.63) is 71.7 Å². The standard InChI is InChI=1S/C28H30N6O2/c1-19-15-22(21-6-7-24-25(17-21)31-20(2)30-24)16-23-18-34(13-14-36-27(19)23)28(35)33-11-9-32(10-12-33)26-5-3-4-8-29-26/h3-8,15-17H,9-14,18H2,1-2H3,(H,30,31). The molecule has 0 unspecified atom stereocenters. The fourth-order valence-electron chi connectivity index (χ4n) is 5.23. The number of anilines is 1. The van der Waals surface area contributed by atoms with E-state index in [4.69, 9.17) is 4.74 Å². The van der Waals surface area contributed by atoms with Crippen LogP contribution in [0.4, 0.5) is 10.6 Å². The van der Waals surface area contributed by atoms with E-state index in [0.29, 0.717) is 32.8 Å². The third-order valence-electron chi connectivity index (χ3n) is 7.05. The quantitative estimate of drug-likeness (QED) is 0.459. The lowest BCUT2D eigenvalue weighted by Gasteiger charge is -2.37. The third kappa shape index (κ3) is 4.23. The number of piperazine rings is 1. The van der Waals surface area contributed by atoms with Crippen molar-refractivity contribution < 1.29 is 9.53 Å². The van der Waals surface area contributed by atoms with Gasteiger partial charge in [0.2, 0.25) is 0 Å². The van der Waals surface area contributed by atoms with Gasteiger partial charge >= 0.3 is 6.03 Å². The largest absolute Gasteiger partial charge is 0.491 e. The van der Waals surface area contributed by atoms with Crippen LogP contribution in [0.1, 0.15) is 17.0 Å². The number of hydrogen-bond donors (Lipinski definition) is 1. The van der Waals surface area contributed by atoms with Gasteiger partial charge in [-0.05, 0) is 66.9 Å². The van der Waals surface area contributed by atoms with Crippen LogP contribution in [0.5, 0.6) is 5.75 Å². The molecule has 0 spiro atoms. The molecule has 6 rings (SSSR count). The molecule has 8 nitrogen and oxygen atoms in total. The van der Waals surface area contributed by atoms with Gasteiger partial charge in [0.15, 0.2) is 0 Å². The Kier molecular flexibility index (Phi) is 5.71. The molecular formula is C28H30N6O2. The number of ether oxygens (including phenoxy) is 1. The van der Waals surface area contributed by atoms with E-state index in [1.165, 1.54) is 0 Å². The number of aryl methyl sites for hydroxylation is 2. The van der Waals surface area contributed by atoms with Gasteiger partial charge in [0.25, 0.3) is 0 Å². The van der Waals surface area contributed by atoms with Crippen molar-refractivity contribution in [2.45, 2.75) is 20.4 Å². The number of rotatable bonds is 2. The minimum Gasteiger partial charge on any atom is -0.491 e. The van der Waals surface area contributed by atoms with E-state index in [2.05, 4.69) is 51.0 Å². The van der Waals surface area contributed by atoms with Gasteiger partial charge in [-0.2, -0.15) is 0 Å². The number of imidazole rings is 1. The molecule has 0 bridgehead atoms. The smallest absolute Gasteiger partial charge is 0.320 e. The minimum atomic E-state index is 0.0736. The first-order chi connectivity index (χ1) is 17.5. The lowest BCUT2D eigenvalue weighted by molar-refractivity contribution is 0.143. The summed E-state index contributed by atoms with van der Waals surface area (Å²) < 4.78 is 6.14. The first kappa shape index (κ1) is 22.4. The van der Waals surface area contributed by atoms with E-state index >= 15 is 0 Å². The molecule has 2 aromatic heterocycles. The topological polar surface area (TPSA) is 77.6 Å². The number of aromatic nitrogens is 3. The number of pyridine rings is 1. The highest BCUT2D eigenvalue weighted by atomic mass is 16.5. The number of urea groups is 1. The van der Waals surface area contributed by atoms with Crippen LogP contribution in [-0.2, 0) is 6.54 Å². The van der Waals surface area contributed by atoms with Gasteiger partial charge in [-0.25, -0.2) is 14.8 Å². The second kappa shape index (κ2) is 9.18. The Morgan fingerprint density at radius 1 is 0.944 bits per heavy atom. The van der Waals surface area contributed by atoms with Crippen LogP contribution in [0, 0.1) is 13.8 Å². The zero-order valence-electron chi connectivity index (χ0n) is 20.7. The maximum absolute atomic E-state index is 13.5. The molecule has 184 valence electrons. The fourth-order valence-corrected chi connectivity index (χ4v) is 5.23. The van der Waals surface area contributed by atoms with Gasteiger partial charge in [0.05, 0.1) is 24.1 Å². The maximum Gasteiger partial charge on any atom is 0.320 e. The zero-order chi connectivity index (χ0) is 24.6. The Hall–Kier alpha value is -4.07. The SMILES string of the molecule is Cc1nc2ccc(-c3cc(C)c4c(c3)CN(C(=O)N3CCN(c5ccccn5)CC3)CCO4)cc2[nH]1. The van der Waals surface area contributed by atoms with E-state index in [1.807, 2.05) is 47.2 Å². The molecule has 1 fully saturated rings. The molecule has 4 aromatic rings. The van der Waals surface area contributed by atoms with Crippen molar-refractivity contribution in [1.29, 1.82) is 0 Å². The van der Waals surface area contributed by atoms with Gasteiger partial charge in [-0.1, -0.05) is 12.1 Å². The van der Waals surface area contributed by atoms with Crippen molar-refractivity contribution in [3.63, 3.8) is 0 Å². The van der Waals surface area contributed by atoms with Crippen LogP contribution in [0.3, 0.4) is 0 Å². The number of fused-ring (bicyclic) bond motifs is 2. The second-order valence-electron chi connectivity index (χ2n) is 9.55. The van der Waals surface area contributed by atoms with Crippen molar-refractivity contribution in [1.82, 2.24) is 24.8 Å². The Balaban J connectivity index is 1.21. The second-order valence-corrected chi connectivity index (χ2v) is 9.55. The number of nitrogens with zero attached hydrogens (tertiary/aromatic N) is 5. The highest BCUT2D eigenvalue weighted by Gasteiger charge is 2.28. The molecule has 0 aliphatic carbocycles. The minimum absolute atomic E-state index is 0.0736. The highest BCUT2D eigenvalue weighted by molar-refractivity contribution is 5.82. The van der Waals surface area contributed by atoms with Crippen LogP contribution in [-0.4, -0.2) is 70.1 Å². The molecular weight excluding hydrogens is 452 g/mol. The number of amides is 2. The predicted molar refractivity (Wildman–Crippen MR) is 140 cm³/mol. The maximum atomic E-state index is 13.5. The van der Waals surface area contributed by atoms with Crippen LogP contribution in [0.15, 0.2) is 54.7 Å². The first-order valence-corrected chi connectivity index (χ1v) is 12.5. The number of carbonyl (C=O) groups excluding carboxylic acids is 1. The van der Waals surface area contributed by atoms with Crippen molar-refractivity contribution in [2.24, 2.45) is 0 Å². The Bertz CT molecular complexity index is 1410. The molecule has 1 N–H and O–H groups in total. The Morgan fingerprint density at radius 2 is 1.81 bits per heavy atom. The molecule has 4 heterocycles. The number of hydrogen-bond acceptors (Lipinski definition) is 5. The van der Waals surface area contributed by atoms with Crippen molar-refractivity contribution in [2.75, 3.05) is 44.2 Å². The molecule has 0 atom stereocenters. The van der Waals surface area contributed by atoms with E-state index in [0.717, 1.165) is 63.8 Å². The van der Waals surface area contributed by atoms with Crippen LogP contribution >= 0.6 is 0 Å². The highest BCUT2D eigenvalue weighted by Crippen LogP contribution is 2.34.